The molecule has 2 saturated carbocycles. The molecule has 0 spiro atoms. The molecule has 0 aliphatic heterocycles. The highest BCUT2D eigenvalue weighted by Crippen LogP contribution is 2.46. The molecule has 3 rings (SSSR count). The second kappa shape index (κ2) is 5.64. The van der Waals surface area contributed by atoms with E-state index in [2.05, 4.69) is 26.7 Å². The van der Waals surface area contributed by atoms with Gasteiger partial charge in [0.2, 0.25) is 0 Å². The summed E-state index contributed by atoms with van der Waals surface area (Å²) in [6.45, 7) is 0. The molecule has 0 amide bonds. The fourth-order valence-electron chi connectivity index (χ4n) is 4.02. The van der Waals surface area contributed by atoms with Gasteiger partial charge in [-0.3, -0.25) is 0 Å². The molecule has 4 atom stereocenters. The first-order valence-corrected chi connectivity index (χ1v) is 8.96. The molecule has 0 saturated heterocycles. The Balaban J connectivity index is 1.68. The standard InChI is InChI=1S/C15H22BrNS/c16-14-9-18-8-13(14)15(17)12-6-5-10-3-1-2-4-11(10)7-12/h8-12,15H,1-7,17H2. The van der Waals surface area contributed by atoms with Crippen molar-refractivity contribution in [3.8, 4) is 0 Å². The molecule has 100 valence electrons. The Morgan fingerprint density at radius 3 is 2.61 bits per heavy atom. The quantitative estimate of drug-likeness (QED) is 0.801. The Bertz CT molecular complexity index is 403. The predicted molar refractivity (Wildman–Crippen MR) is 81.7 cm³/mol. The van der Waals surface area contributed by atoms with Gasteiger partial charge >= 0.3 is 0 Å². The summed E-state index contributed by atoms with van der Waals surface area (Å²) in [4.78, 5) is 0. The zero-order valence-electron chi connectivity index (χ0n) is 10.8. The van der Waals surface area contributed by atoms with Crippen molar-refractivity contribution in [2.24, 2.45) is 23.5 Å². The van der Waals surface area contributed by atoms with Gasteiger partial charge < -0.3 is 5.73 Å². The molecule has 2 aliphatic rings. The van der Waals surface area contributed by atoms with Crippen LogP contribution in [0.15, 0.2) is 15.2 Å². The average molecular weight is 328 g/mol. The van der Waals surface area contributed by atoms with Crippen LogP contribution in [0, 0.1) is 17.8 Å². The maximum absolute atomic E-state index is 6.51. The Morgan fingerprint density at radius 2 is 1.89 bits per heavy atom. The van der Waals surface area contributed by atoms with Gasteiger partial charge in [-0.05, 0) is 63.9 Å². The first-order valence-electron chi connectivity index (χ1n) is 7.23. The van der Waals surface area contributed by atoms with E-state index in [4.69, 9.17) is 5.73 Å². The highest BCUT2D eigenvalue weighted by Gasteiger charge is 2.35. The average Bonchev–Trinajstić information content (AvgIpc) is 2.83. The molecule has 1 heterocycles. The van der Waals surface area contributed by atoms with Gasteiger partial charge in [-0.15, -0.1) is 0 Å². The highest BCUT2D eigenvalue weighted by molar-refractivity contribution is 9.10. The summed E-state index contributed by atoms with van der Waals surface area (Å²) in [5.41, 5.74) is 7.85. The zero-order chi connectivity index (χ0) is 12.5. The van der Waals surface area contributed by atoms with Crippen LogP contribution in [0.2, 0.25) is 0 Å². The number of hydrogen-bond acceptors (Lipinski definition) is 2. The lowest BCUT2D eigenvalue weighted by molar-refractivity contribution is 0.117. The fraction of sp³-hybridized carbons (Fsp3) is 0.733. The number of hydrogen-bond donors (Lipinski definition) is 1. The van der Waals surface area contributed by atoms with Crippen LogP contribution >= 0.6 is 27.3 Å². The number of halogens is 1. The van der Waals surface area contributed by atoms with Crippen molar-refractivity contribution in [3.05, 3.63) is 20.8 Å². The van der Waals surface area contributed by atoms with Gasteiger partial charge in [0.15, 0.2) is 0 Å². The van der Waals surface area contributed by atoms with Gasteiger partial charge in [0.1, 0.15) is 0 Å². The first kappa shape index (κ1) is 13.1. The summed E-state index contributed by atoms with van der Waals surface area (Å²) >= 11 is 5.39. The number of fused-ring (bicyclic) bond motifs is 1. The van der Waals surface area contributed by atoms with Crippen molar-refractivity contribution < 1.29 is 0 Å². The Labute approximate surface area is 122 Å². The van der Waals surface area contributed by atoms with Gasteiger partial charge in [0, 0.05) is 15.9 Å². The Morgan fingerprint density at radius 1 is 1.11 bits per heavy atom. The summed E-state index contributed by atoms with van der Waals surface area (Å²) < 4.78 is 1.21. The molecular formula is C15H22BrNS. The molecule has 3 heteroatoms. The first-order chi connectivity index (χ1) is 8.75. The van der Waals surface area contributed by atoms with E-state index in [1.54, 1.807) is 11.3 Å². The second-order valence-corrected chi connectivity index (χ2v) is 7.68. The van der Waals surface area contributed by atoms with Gasteiger partial charge in [-0.1, -0.05) is 25.7 Å². The second-order valence-electron chi connectivity index (χ2n) is 6.08. The molecular weight excluding hydrogens is 306 g/mol. The van der Waals surface area contributed by atoms with E-state index >= 15 is 0 Å². The molecule has 2 aliphatic carbocycles. The van der Waals surface area contributed by atoms with Crippen molar-refractivity contribution >= 4 is 27.3 Å². The molecule has 18 heavy (non-hydrogen) atoms. The predicted octanol–water partition coefficient (Wildman–Crippen LogP) is 5.12. The molecule has 2 N–H and O–H groups in total. The molecule has 1 aromatic rings. The number of nitrogens with two attached hydrogens (primary N) is 1. The van der Waals surface area contributed by atoms with Crippen molar-refractivity contribution in [3.63, 3.8) is 0 Å². The van der Waals surface area contributed by atoms with E-state index in [0.717, 1.165) is 11.8 Å². The summed E-state index contributed by atoms with van der Waals surface area (Å²) in [6.07, 6.45) is 9.98. The van der Waals surface area contributed by atoms with Crippen molar-refractivity contribution in [2.75, 3.05) is 0 Å². The van der Waals surface area contributed by atoms with Gasteiger partial charge in [0.25, 0.3) is 0 Å². The van der Waals surface area contributed by atoms with E-state index < -0.39 is 0 Å². The van der Waals surface area contributed by atoms with Crippen LogP contribution in [-0.4, -0.2) is 0 Å². The van der Waals surface area contributed by atoms with Crippen molar-refractivity contribution in [1.29, 1.82) is 0 Å². The van der Waals surface area contributed by atoms with Crippen LogP contribution in [0.4, 0.5) is 0 Å². The summed E-state index contributed by atoms with van der Waals surface area (Å²) in [6, 6.07) is 0.244. The topological polar surface area (TPSA) is 26.0 Å². The van der Waals surface area contributed by atoms with E-state index in [1.165, 1.54) is 55.0 Å². The van der Waals surface area contributed by atoms with Crippen LogP contribution in [0.3, 0.4) is 0 Å². The Kier molecular flexibility index (Phi) is 4.12. The van der Waals surface area contributed by atoms with Crippen LogP contribution in [0.25, 0.3) is 0 Å². The van der Waals surface area contributed by atoms with E-state index in [-0.39, 0.29) is 6.04 Å². The van der Waals surface area contributed by atoms with Crippen LogP contribution in [0.5, 0.6) is 0 Å². The lowest BCUT2D eigenvalue weighted by Crippen LogP contribution is -2.33. The summed E-state index contributed by atoms with van der Waals surface area (Å²) in [5.74, 6) is 2.70. The third kappa shape index (κ3) is 2.54. The molecule has 2 fully saturated rings. The van der Waals surface area contributed by atoms with Crippen molar-refractivity contribution in [1.82, 2.24) is 0 Å². The third-order valence-corrected chi connectivity index (χ3v) is 6.84. The monoisotopic (exact) mass is 327 g/mol. The lowest BCUT2D eigenvalue weighted by atomic mass is 9.66. The maximum Gasteiger partial charge on any atom is 0.0343 e. The molecule has 0 aromatic carbocycles. The minimum Gasteiger partial charge on any atom is -0.324 e. The van der Waals surface area contributed by atoms with E-state index in [1.807, 2.05) is 0 Å². The van der Waals surface area contributed by atoms with E-state index in [9.17, 15) is 0 Å². The SMILES string of the molecule is NC(c1cscc1Br)C1CCC2CCCCC2C1. The van der Waals surface area contributed by atoms with E-state index in [0.29, 0.717) is 5.92 Å². The molecule has 0 bridgehead atoms. The minimum absolute atomic E-state index is 0.244. The number of rotatable bonds is 2. The van der Waals surface area contributed by atoms with Gasteiger partial charge in [-0.2, -0.15) is 11.3 Å². The smallest absolute Gasteiger partial charge is 0.0343 e. The van der Waals surface area contributed by atoms with Crippen LogP contribution in [0.1, 0.15) is 56.6 Å². The molecule has 0 radical (unpaired) electrons. The number of thiophene rings is 1. The molecule has 1 nitrogen and oxygen atoms in total. The van der Waals surface area contributed by atoms with Gasteiger partial charge in [0.05, 0.1) is 0 Å². The zero-order valence-corrected chi connectivity index (χ0v) is 13.2. The summed E-state index contributed by atoms with van der Waals surface area (Å²) in [5, 5.41) is 4.38. The van der Waals surface area contributed by atoms with Gasteiger partial charge in [-0.25, -0.2) is 0 Å². The minimum atomic E-state index is 0.244. The molecule has 1 aromatic heterocycles. The van der Waals surface area contributed by atoms with Crippen LogP contribution in [-0.2, 0) is 0 Å². The normalized spacial score (nSPS) is 34.0. The largest absolute Gasteiger partial charge is 0.324 e. The molecule has 4 unspecified atom stereocenters. The highest BCUT2D eigenvalue weighted by atomic mass is 79.9. The van der Waals surface area contributed by atoms with Crippen molar-refractivity contribution in [2.45, 2.75) is 51.0 Å². The fourth-order valence-corrected chi connectivity index (χ4v) is 5.63. The maximum atomic E-state index is 6.51. The third-order valence-electron chi connectivity index (χ3n) is 5.09. The summed E-state index contributed by atoms with van der Waals surface area (Å²) in [7, 11) is 0. The van der Waals surface area contributed by atoms with Crippen LogP contribution < -0.4 is 5.73 Å². The Hall–Kier alpha value is 0.140. The lowest BCUT2D eigenvalue weighted by Gasteiger charge is -2.41.